The predicted octanol–water partition coefficient (Wildman–Crippen LogP) is 3.93. The molecule has 0 saturated carbocycles. The highest BCUT2D eigenvalue weighted by Crippen LogP contribution is 2.35. The summed E-state index contributed by atoms with van der Waals surface area (Å²) in [4.78, 5) is 20.2. The van der Waals surface area contributed by atoms with Gasteiger partial charge in [-0.2, -0.15) is 8.42 Å². The smallest absolute Gasteiger partial charge is 0.333 e. The van der Waals surface area contributed by atoms with Crippen LogP contribution in [0.3, 0.4) is 0 Å². The van der Waals surface area contributed by atoms with Gasteiger partial charge in [-0.1, -0.05) is 39.3 Å². The molecule has 2 amide bonds. The molecule has 0 spiro atoms. The SMILES string of the molecule is CNc1nccnc1S(=O)(=O)NC(=O)Nc1c(C(C)C)cc(Cl)cc1C(C)C. The quantitative estimate of drug-likeness (QED) is 0.646. The van der Waals surface area contributed by atoms with Crippen molar-refractivity contribution in [3.05, 3.63) is 40.7 Å². The number of rotatable bonds is 6. The summed E-state index contributed by atoms with van der Waals surface area (Å²) in [6.45, 7) is 7.87. The number of nitrogens with one attached hydrogen (secondary N) is 3. The summed E-state index contributed by atoms with van der Waals surface area (Å²) in [6, 6.07) is 2.65. The third-order valence-electron chi connectivity index (χ3n) is 4.03. The lowest BCUT2D eigenvalue weighted by Gasteiger charge is -2.21. The highest BCUT2D eigenvalue weighted by molar-refractivity contribution is 7.90. The van der Waals surface area contributed by atoms with E-state index in [1.54, 1.807) is 12.1 Å². The second kappa shape index (κ2) is 8.74. The van der Waals surface area contributed by atoms with Crippen molar-refractivity contribution in [2.45, 2.75) is 44.6 Å². The Morgan fingerprint density at radius 3 is 2.07 bits per heavy atom. The summed E-state index contributed by atoms with van der Waals surface area (Å²) in [5, 5.41) is 5.51. The first kappa shape index (κ1) is 21.9. The fraction of sp³-hybridized carbons (Fsp3) is 0.389. The minimum absolute atomic E-state index is 0.0417. The number of aromatic nitrogens is 2. The monoisotopic (exact) mass is 425 g/mol. The molecule has 0 atom stereocenters. The first-order valence-corrected chi connectivity index (χ1v) is 10.6. The standard InChI is InChI=1S/C18H24ClN5O3S/c1-10(2)13-8-12(19)9-14(11(3)4)15(13)23-18(25)24-28(26,27)17-16(20-5)21-6-7-22-17/h6-11H,1-5H3,(H,20,21)(H2,23,24,25). The van der Waals surface area contributed by atoms with Crippen LogP contribution in [0.1, 0.15) is 50.7 Å². The molecular formula is C18H24ClN5O3S. The van der Waals surface area contributed by atoms with E-state index in [1.807, 2.05) is 32.4 Å². The largest absolute Gasteiger partial charge is 0.371 e. The van der Waals surface area contributed by atoms with Crippen molar-refractivity contribution in [1.82, 2.24) is 14.7 Å². The Morgan fingerprint density at radius 2 is 1.57 bits per heavy atom. The molecule has 1 aromatic heterocycles. The maximum atomic E-state index is 12.6. The minimum atomic E-state index is -4.22. The van der Waals surface area contributed by atoms with Crippen LogP contribution < -0.4 is 15.4 Å². The molecule has 0 saturated heterocycles. The Morgan fingerprint density at radius 1 is 1.04 bits per heavy atom. The Labute approximate surface area is 170 Å². The average Bonchev–Trinajstić information content (AvgIpc) is 2.61. The molecule has 1 heterocycles. The lowest BCUT2D eigenvalue weighted by atomic mass is 9.92. The highest BCUT2D eigenvalue weighted by atomic mass is 35.5. The van der Waals surface area contributed by atoms with Crippen LogP contribution in [0.5, 0.6) is 0 Å². The summed E-state index contributed by atoms with van der Waals surface area (Å²) in [6.07, 6.45) is 2.59. The number of sulfonamides is 1. The van der Waals surface area contributed by atoms with Gasteiger partial charge in [0.2, 0.25) is 5.03 Å². The number of carbonyl (C=O) groups is 1. The number of anilines is 2. The van der Waals surface area contributed by atoms with Crippen molar-refractivity contribution in [3.63, 3.8) is 0 Å². The predicted molar refractivity (Wildman–Crippen MR) is 111 cm³/mol. The van der Waals surface area contributed by atoms with E-state index in [0.717, 1.165) is 11.1 Å². The van der Waals surface area contributed by atoms with Gasteiger partial charge in [-0.3, -0.25) is 0 Å². The van der Waals surface area contributed by atoms with Gasteiger partial charge in [-0.05, 0) is 35.1 Å². The zero-order chi connectivity index (χ0) is 21.1. The molecule has 0 aliphatic heterocycles. The number of hydrogen-bond acceptors (Lipinski definition) is 6. The van der Waals surface area contributed by atoms with Crippen LogP contribution in [0.15, 0.2) is 29.6 Å². The molecule has 0 aliphatic rings. The number of nitrogens with zero attached hydrogens (tertiary/aromatic N) is 2. The molecule has 2 aromatic rings. The van der Waals surface area contributed by atoms with Gasteiger partial charge < -0.3 is 10.6 Å². The Bertz CT molecular complexity index is 948. The van der Waals surface area contributed by atoms with E-state index in [-0.39, 0.29) is 22.7 Å². The number of carbonyl (C=O) groups excluding carboxylic acids is 1. The van der Waals surface area contributed by atoms with Crippen LogP contribution in [-0.4, -0.2) is 31.5 Å². The lowest BCUT2D eigenvalue weighted by Crippen LogP contribution is -2.36. The molecule has 10 heteroatoms. The number of hydrogen-bond donors (Lipinski definition) is 3. The zero-order valence-electron chi connectivity index (χ0n) is 16.4. The Kier molecular flexibility index (Phi) is 6.84. The number of amides is 2. The maximum Gasteiger partial charge on any atom is 0.333 e. The van der Waals surface area contributed by atoms with E-state index in [1.165, 1.54) is 19.4 Å². The van der Waals surface area contributed by atoms with Gasteiger partial charge in [0.1, 0.15) is 0 Å². The molecule has 0 unspecified atom stereocenters. The molecule has 0 fully saturated rings. The highest BCUT2D eigenvalue weighted by Gasteiger charge is 2.25. The molecular weight excluding hydrogens is 402 g/mol. The average molecular weight is 426 g/mol. The second-order valence-electron chi connectivity index (χ2n) is 6.79. The van der Waals surface area contributed by atoms with E-state index >= 15 is 0 Å². The maximum absolute atomic E-state index is 12.6. The Balaban J connectivity index is 2.38. The number of urea groups is 1. The molecule has 0 bridgehead atoms. The van der Waals surface area contributed by atoms with E-state index in [2.05, 4.69) is 20.6 Å². The number of benzene rings is 1. The summed E-state index contributed by atoms with van der Waals surface area (Å²) >= 11 is 6.22. The van der Waals surface area contributed by atoms with Crippen molar-refractivity contribution >= 4 is 39.2 Å². The Hall–Kier alpha value is -2.39. The van der Waals surface area contributed by atoms with Crippen molar-refractivity contribution < 1.29 is 13.2 Å². The molecule has 0 radical (unpaired) electrons. The molecule has 28 heavy (non-hydrogen) atoms. The van der Waals surface area contributed by atoms with E-state index in [0.29, 0.717) is 10.7 Å². The van der Waals surface area contributed by atoms with E-state index in [4.69, 9.17) is 11.6 Å². The molecule has 3 N–H and O–H groups in total. The van der Waals surface area contributed by atoms with Crippen molar-refractivity contribution in [3.8, 4) is 0 Å². The van der Waals surface area contributed by atoms with E-state index < -0.39 is 16.1 Å². The van der Waals surface area contributed by atoms with Gasteiger partial charge in [0, 0.05) is 30.2 Å². The van der Waals surface area contributed by atoms with Crippen LogP contribution >= 0.6 is 11.6 Å². The summed E-state index contributed by atoms with van der Waals surface area (Å²) in [7, 11) is -2.71. The number of halogens is 1. The zero-order valence-corrected chi connectivity index (χ0v) is 17.9. The second-order valence-corrected chi connectivity index (χ2v) is 8.82. The van der Waals surface area contributed by atoms with Crippen LogP contribution in [-0.2, 0) is 10.0 Å². The fourth-order valence-electron chi connectivity index (χ4n) is 2.71. The summed E-state index contributed by atoms with van der Waals surface area (Å²) < 4.78 is 27.1. The normalized spacial score (nSPS) is 11.6. The summed E-state index contributed by atoms with van der Waals surface area (Å²) in [5.74, 6) is 0.179. The van der Waals surface area contributed by atoms with Gasteiger partial charge in [-0.15, -0.1) is 0 Å². The molecule has 152 valence electrons. The third-order valence-corrected chi connectivity index (χ3v) is 5.51. The lowest BCUT2D eigenvalue weighted by molar-refractivity contribution is 0.256. The molecule has 8 nitrogen and oxygen atoms in total. The summed E-state index contributed by atoms with van der Waals surface area (Å²) in [5.41, 5.74) is 2.19. The van der Waals surface area contributed by atoms with Crippen molar-refractivity contribution in [1.29, 1.82) is 0 Å². The van der Waals surface area contributed by atoms with Gasteiger partial charge in [0.05, 0.1) is 0 Å². The van der Waals surface area contributed by atoms with Gasteiger partial charge in [-0.25, -0.2) is 19.5 Å². The van der Waals surface area contributed by atoms with Gasteiger partial charge in [0.15, 0.2) is 5.82 Å². The minimum Gasteiger partial charge on any atom is -0.371 e. The molecule has 1 aromatic carbocycles. The third kappa shape index (κ3) is 4.90. The van der Waals surface area contributed by atoms with E-state index in [9.17, 15) is 13.2 Å². The van der Waals surface area contributed by atoms with Crippen LogP contribution in [0.4, 0.5) is 16.3 Å². The van der Waals surface area contributed by atoms with Crippen molar-refractivity contribution in [2.75, 3.05) is 17.7 Å². The fourth-order valence-corrected chi connectivity index (χ4v) is 3.94. The molecule has 0 aliphatic carbocycles. The van der Waals surface area contributed by atoms with Gasteiger partial charge in [0.25, 0.3) is 10.0 Å². The van der Waals surface area contributed by atoms with Crippen molar-refractivity contribution in [2.24, 2.45) is 0 Å². The van der Waals surface area contributed by atoms with Crippen LogP contribution in [0.25, 0.3) is 0 Å². The first-order chi connectivity index (χ1) is 13.1. The van der Waals surface area contributed by atoms with Gasteiger partial charge >= 0.3 is 6.03 Å². The first-order valence-electron chi connectivity index (χ1n) is 8.72. The molecule has 2 rings (SSSR count). The topological polar surface area (TPSA) is 113 Å². The van der Waals surface area contributed by atoms with Crippen LogP contribution in [0, 0.1) is 0 Å². The van der Waals surface area contributed by atoms with Crippen LogP contribution in [0.2, 0.25) is 5.02 Å².